The van der Waals surface area contributed by atoms with E-state index in [4.69, 9.17) is 9.39 Å². The summed E-state index contributed by atoms with van der Waals surface area (Å²) in [5, 5.41) is -1.74. The van der Waals surface area contributed by atoms with Crippen LogP contribution in [0, 0.1) is 0 Å². The van der Waals surface area contributed by atoms with Crippen LogP contribution < -0.4 is 29.6 Å². The van der Waals surface area contributed by atoms with E-state index in [2.05, 4.69) is 19.1 Å². The van der Waals surface area contributed by atoms with E-state index in [1.54, 1.807) is 0 Å². The number of carbonyl (C=O) groups excluding carboxylic acids is 3. The monoisotopic (exact) mass is 483 g/mol. The number of hydrogen-bond acceptors (Lipinski definition) is 6. The minimum Gasteiger partial charge on any atom is -1.00 e. The number of amides is 2. The van der Waals surface area contributed by atoms with Crippen molar-refractivity contribution < 1.29 is 63.2 Å². The van der Waals surface area contributed by atoms with Gasteiger partial charge in [0.2, 0.25) is 0 Å². The van der Waals surface area contributed by atoms with Gasteiger partial charge in [-0.15, -0.1) is 5.06 Å². The summed E-state index contributed by atoms with van der Waals surface area (Å²) in [6, 6.07) is 0. The molecule has 0 aromatic carbocycles. The van der Waals surface area contributed by atoms with Crippen molar-refractivity contribution in [3.63, 3.8) is 0 Å². The first kappa shape index (κ1) is 31.3. The van der Waals surface area contributed by atoms with Gasteiger partial charge in [-0.3, -0.25) is 14.1 Å². The molecule has 2 amide bonds. The smallest absolute Gasteiger partial charge is 1.00 e. The summed E-state index contributed by atoms with van der Waals surface area (Å²) in [5.74, 6) is -2.95. The topological polar surface area (TPSA) is 118 Å². The molecule has 1 atom stereocenters. The van der Waals surface area contributed by atoms with E-state index in [9.17, 15) is 22.8 Å². The Labute approximate surface area is 216 Å². The molecule has 1 aliphatic heterocycles. The zero-order chi connectivity index (χ0) is 23.1. The van der Waals surface area contributed by atoms with Crippen molar-refractivity contribution in [3.05, 3.63) is 12.2 Å². The maximum atomic E-state index is 11.8. The molecule has 1 aliphatic rings. The number of nitrogens with zero attached hydrogens (tertiary/aromatic N) is 1. The molecule has 8 nitrogen and oxygen atoms in total. The summed E-state index contributed by atoms with van der Waals surface area (Å²) in [5.41, 5.74) is 0. The molecule has 0 aromatic heterocycles. The Bertz CT molecular complexity index is 716. The van der Waals surface area contributed by atoms with Gasteiger partial charge >= 0.3 is 35.5 Å². The van der Waals surface area contributed by atoms with Crippen molar-refractivity contribution >= 4 is 27.9 Å². The van der Waals surface area contributed by atoms with Crippen molar-refractivity contribution in [1.29, 1.82) is 0 Å². The second-order valence-corrected chi connectivity index (χ2v) is 9.63. The Hall–Kier alpha value is -0.740. The van der Waals surface area contributed by atoms with Crippen LogP contribution in [0.25, 0.3) is 0 Å². The summed E-state index contributed by atoms with van der Waals surface area (Å²) in [6.07, 6.45) is 18.5. The van der Waals surface area contributed by atoms with Crippen LogP contribution in [0.3, 0.4) is 0 Å². The Morgan fingerprint density at radius 2 is 1.50 bits per heavy atom. The molecule has 0 aromatic rings. The molecule has 1 unspecified atom stereocenters. The zero-order valence-electron chi connectivity index (χ0n) is 20.6. The number of unbranched alkanes of at least 4 members (excludes halogenated alkanes) is 11. The van der Waals surface area contributed by atoms with Gasteiger partial charge in [-0.25, -0.2) is 4.79 Å². The Morgan fingerprint density at radius 1 is 1.00 bits per heavy atom. The normalized spacial score (nSPS) is 16.6. The van der Waals surface area contributed by atoms with Crippen LogP contribution in [-0.2, 0) is 29.3 Å². The summed E-state index contributed by atoms with van der Waals surface area (Å²) >= 11 is 0. The largest absolute Gasteiger partial charge is 1.00 e. The molecule has 1 rings (SSSR count). The third-order valence-corrected chi connectivity index (χ3v) is 6.34. The first-order valence-electron chi connectivity index (χ1n) is 11.5. The van der Waals surface area contributed by atoms with Gasteiger partial charge in [-0.1, -0.05) is 70.4 Å². The second-order valence-electron chi connectivity index (χ2n) is 8.03. The zero-order valence-corrected chi connectivity index (χ0v) is 22.4. The Morgan fingerprint density at radius 3 is 2.00 bits per heavy atom. The average Bonchev–Trinajstić information content (AvgIpc) is 2.99. The van der Waals surface area contributed by atoms with Gasteiger partial charge in [-0.05, 0) is 32.1 Å². The molecule has 0 spiro atoms. The molecule has 32 heavy (non-hydrogen) atoms. The SMILES string of the molecule is CCCCCCCCC=CCCCCCCCC(=O)ON1C(=O)CC(S(=O)(=O)O)C1=O.[H-].[Na+]. The second kappa shape index (κ2) is 17.7. The number of hydroxylamine groups is 2. The van der Waals surface area contributed by atoms with E-state index in [1.165, 1.54) is 38.5 Å². The molecule has 1 fully saturated rings. The molecule has 1 N–H and O–H groups in total. The van der Waals surface area contributed by atoms with Crippen LogP contribution in [0.15, 0.2) is 12.2 Å². The van der Waals surface area contributed by atoms with Crippen molar-refractivity contribution in [2.24, 2.45) is 0 Å². The van der Waals surface area contributed by atoms with Crippen molar-refractivity contribution in [1.82, 2.24) is 5.06 Å². The summed E-state index contributed by atoms with van der Waals surface area (Å²) < 4.78 is 31.1. The number of rotatable bonds is 17. The van der Waals surface area contributed by atoms with Gasteiger partial charge in [0.1, 0.15) is 0 Å². The molecule has 1 saturated heterocycles. The third kappa shape index (κ3) is 13.1. The molecule has 0 bridgehead atoms. The summed E-state index contributed by atoms with van der Waals surface area (Å²) in [6.45, 7) is 2.23. The average molecular weight is 484 g/mol. The third-order valence-electron chi connectivity index (χ3n) is 5.26. The number of carbonyl (C=O) groups is 3. The van der Waals surface area contributed by atoms with Crippen molar-refractivity contribution in [2.45, 2.75) is 108 Å². The molecule has 0 aliphatic carbocycles. The predicted molar refractivity (Wildman–Crippen MR) is 118 cm³/mol. The molecule has 180 valence electrons. The number of imide groups is 1. The first-order chi connectivity index (χ1) is 14.8. The van der Waals surface area contributed by atoms with Gasteiger partial charge in [0.15, 0.2) is 5.25 Å². The van der Waals surface area contributed by atoms with Crippen LogP contribution in [0.4, 0.5) is 0 Å². The van der Waals surface area contributed by atoms with Crippen LogP contribution >= 0.6 is 0 Å². The Balaban J connectivity index is 0. The summed E-state index contributed by atoms with van der Waals surface area (Å²) in [4.78, 5) is 39.9. The van der Waals surface area contributed by atoms with Crippen LogP contribution in [0.2, 0.25) is 0 Å². The van der Waals surface area contributed by atoms with Gasteiger partial charge < -0.3 is 6.26 Å². The maximum Gasteiger partial charge on any atom is 1.00 e. The minimum absolute atomic E-state index is 0. The molecule has 0 saturated carbocycles. The van der Waals surface area contributed by atoms with Gasteiger partial charge in [-0.2, -0.15) is 8.42 Å². The standard InChI is InChI=1S/C22H37NO7S.Na.H/c1-2-3-4-5-6-7-8-9-10-11-12-13-14-15-16-17-21(25)30-23-20(24)18-19(22(23)26)31(27,28)29;;/h9-10,19H,2-8,11-18H2,1H3,(H,27,28,29);;/q;+1;-1. The Kier molecular flexibility index (Phi) is 17.3. The van der Waals surface area contributed by atoms with Crippen molar-refractivity contribution in [3.8, 4) is 0 Å². The number of hydrogen-bond donors (Lipinski definition) is 1. The van der Waals surface area contributed by atoms with Crippen LogP contribution in [0.5, 0.6) is 0 Å². The fraction of sp³-hybridized carbons (Fsp3) is 0.773. The van der Waals surface area contributed by atoms with E-state index >= 15 is 0 Å². The fourth-order valence-corrected chi connectivity index (χ4v) is 4.10. The van der Waals surface area contributed by atoms with E-state index in [1.807, 2.05) is 0 Å². The van der Waals surface area contributed by atoms with E-state index in [0.717, 1.165) is 38.5 Å². The van der Waals surface area contributed by atoms with E-state index < -0.39 is 39.6 Å². The van der Waals surface area contributed by atoms with E-state index in [0.29, 0.717) is 6.42 Å². The number of allylic oxidation sites excluding steroid dienone is 2. The molecule has 1 heterocycles. The molecule has 10 heteroatoms. The van der Waals surface area contributed by atoms with Crippen molar-refractivity contribution in [2.75, 3.05) is 0 Å². The minimum atomic E-state index is -4.71. The van der Waals surface area contributed by atoms with Crippen LogP contribution in [-0.4, -0.2) is 41.1 Å². The summed E-state index contributed by atoms with van der Waals surface area (Å²) in [7, 11) is -4.71. The van der Waals surface area contributed by atoms with Gasteiger partial charge in [0, 0.05) is 6.42 Å². The predicted octanol–water partition coefficient (Wildman–Crippen LogP) is 1.61. The molecular weight excluding hydrogens is 445 g/mol. The van der Waals surface area contributed by atoms with Gasteiger partial charge in [0.25, 0.3) is 21.9 Å². The maximum absolute atomic E-state index is 11.8. The van der Waals surface area contributed by atoms with Gasteiger partial charge in [0.05, 0.1) is 6.42 Å². The molecule has 0 radical (unpaired) electrons. The fourth-order valence-electron chi connectivity index (χ4n) is 3.40. The quantitative estimate of drug-likeness (QED) is 0.110. The molecular formula is C22H38NNaO7S. The van der Waals surface area contributed by atoms with Crippen LogP contribution in [0.1, 0.15) is 105 Å². The first-order valence-corrected chi connectivity index (χ1v) is 13.0. The van der Waals surface area contributed by atoms with E-state index in [-0.39, 0.29) is 42.5 Å².